The molecule has 0 radical (unpaired) electrons. The molecule has 1 N–H and O–H groups in total. The second-order valence-electron chi connectivity index (χ2n) is 3.31. The SMILES string of the molecule is CCc1c(-c2cncc(F)c2)[nH]cnc1=S. The molecule has 0 saturated carbocycles. The largest absolute Gasteiger partial charge is 0.345 e. The molecule has 0 aromatic carbocycles. The molecule has 0 unspecified atom stereocenters. The Morgan fingerprint density at radius 2 is 2.25 bits per heavy atom. The molecular weight excluding hydrogens is 225 g/mol. The number of rotatable bonds is 2. The first-order chi connectivity index (χ1) is 7.72. The van der Waals surface area contributed by atoms with Gasteiger partial charge in [0, 0.05) is 17.3 Å². The van der Waals surface area contributed by atoms with Crippen molar-refractivity contribution in [3.05, 3.63) is 40.8 Å². The highest BCUT2D eigenvalue weighted by Gasteiger charge is 2.07. The Hall–Kier alpha value is -1.62. The highest BCUT2D eigenvalue weighted by Crippen LogP contribution is 2.21. The topological polar surface area (TPSA) is 41.6 Å². The minimum Gasteiger partial charge on any atom is -0.345 e. The third-order valence-corrected chi connectivity index (χ3v) is 2.65. The number of hydrogen-bond donors (Lipinski definition) is 1. The van der Waals surface area contributed by atoms with Gasteiger partial charge >= 0.3 is 0 Å². The lowest BCUT2D eigenvalue weighted by atomic mass is 10.1. The number of H-pyrrole nitrogens is 1. The molecule has 82 valence electrons. The summed E-state index contributed by atoms with van der Waals surface area (Å²) in [5.74, 6) is -0.365. The third-order valence-electron chi connectivity index (χ3n) is 2.30. The zero-order valence-corrected chi connectivity index (χ0v) is 9.51. The van der Waals surface area contributed by atoms with Crippen molar-refractivity contribution >= 4 is 12.2 Å². The summed E-state index contributed by atoms with van der Waals surface area (Å²) < 4.78 is 13.6. The summed E-state index contributed by atoms with van der Waals surface area (Å²) in [5, 5.41) is 0. The van der Waals surface area contributed by atoms with Gasteiger partial charge in [0.2, 0.25) is 0 Å². The van der Waals surface area contributed by atoms with E-state index in [1.54, 1.807) is 6.20 Å². The number of halogens is 1. The summed E-state index contributed by atoms with van der Waals surface area (Å²) in [6.45, 7) is 1.98. The standard InChI is InChI=1S/C11H10FN3S/c1-2-9-10(14-6-15-11(9)16)7-3-8(12)5-13-4-7/h3-6H,2H2,1H3,(H,14,15,16). The molecule has 3 nitrogen and oxygen atoms in total. The van der Waals surface area contributed by atoms with E-state index in [1.165, 1.54) is 18.6 Å². The highest BCUT2D eigenvalue weighted by molar-refractivity contribution is 7.71. The smallest absolute Gasteiger partial charge is 0.142 e. The average Bonchev–Trinajstić information content (AvgIpc) is 2.28. The van der Waals surface area contributed by atoms with E-state index in [4.69, 9.17) is 12.2 Å². The van der Waals surface area contributed by atoms with E-state index in [1.807, 2.05) is 6.92 Å². The molecule has 5 heteroatoms. The lowest BCUT2D eigenvalue weighted by molar-refractivity contribution is 0.622. The molecule has 2 aromatic rings. The number of aromatic amines is 1. The Morgan fingerprint density at radius 1 is 1.44 bits per heavy atom. The van der Waals surface area contributed by atoms with Crippen molar-refractivity contribution in [1.29, 1.82) is 0 Å². The second kappa shape index (κ2) is 4.49. The predicted octanol–water partition coefficient (Wildman–Crippen LogP) is 2.90. The summed E-state index contributed by atoms with van der Waals surface area (Å²) >= 11 is 5.13. The summed E-state index contributed by atoms with van der Waals surface area (Å²) in [6, 6.07) is 1.42. The van der Waals surface area contributed by atoms with Crippen molar-refractivity contribution in [2.24, 2.45) is 0 Å². The fraction of sp³-hybridized carbons (Fsp3) is 0.182. The fourth-order valence-electron chi connectivity index (χ4n) is 1.56. The number of pyridine rings is 1. The van der Waals surface area contributed by atoms with Crippen LogP contribution in [0.1, 0.15) is 12.5 Å². The van der Waals surface area contributed by atoms with Crippen LogP contribution in [0.2, 0.25) is 0 Å². The number of nitrogens with zero attached hydrogens (tertiary/aromatic N) is 2. The van der Waals surface area contributed by atoms with Crippen LogP contribution in [0.25, 0.3) is 11.3 Å². The lowest BCUT2D eigenvalue weighted by Crippen LogP contribution is -1.96. The molecule has 0 aliphatic carbocycles. The maximum absolute atomic E-state index is 13.1. The van der Waals surface area contributed by atoms with Crippen LogP contribution in [0.3, 0.4) is 0 Å². The van der Waals surface area contributed by atoms with Crippen LogP contribution in [0.4, 0.5) is 4.39 Å². The Balaban J connectivity index is 2.64. The zero-order valence-electron chi connectivity index (χ0n) is 8.70. The molecular formula is C11H10FN3S. The molecule has 0 atom stereocenters. The Labute approximate surface area is 97.4 Å². The Morgan fingerprint density at radius 3 is 2.94 bits per heavy atom. The van der Waals surface area contributed by atoms with E-state index in [9.17, 15) is 4.39 Å². The van der Waals surface area contributed by atoms with E-state index in [0.717, 1.165) is 17.7 Å². The maximum atomic E-state index is 13.1. The summed E-state index contributed by atoms with van der Waals surface area (Å²) in [6.07, 6.45) is 5.03. The van der Waals surface area contributed by atoms with Crippen molar-refractivity contribution in [2.75, 3.05) is 0 Å². The fourth-order valence-corrected chi connectivity index (χ4v) is 1.86. The first kappa shape index (κ1) is 10.9. The summed E-state index contributed by atoms with van der Waals surface area (Å²) in [7, 11) is 0. The zero-order chi connectivity index (χ0) is 11.5. The van der Waals surface area contributed by atoms with Crippen LogP contribution in [0, 0.1) is 10.5 Å². The van der Waals surface area contributed by atoms with Crippen LogP contribution in [0.15, 0.2) is 24.8 Å². The molecule has 0 aliphatic heterocycles. The number of hydrogen-bond acceptors (Lipinski definition) is 3. The van der Waals surface area contributed by atoms with Crippen LogP contribution in [-0.4, -0.2) is 15.0 Å². The van der Waals surface area contributed by atoms with Crippen molar-refractivity contribution in [3.8, 4) is 11.3 Å². The van der Waals surface area contributed by atoms with E-state index >= 15 is 0 Å². The Bertz CT molecular complexity index is 565. The minimum atomic E-state index is -0.365. The summed E-state index contributed by atoms with van der Waals surface area (Å²) in [5.41, 5.74) is 2.38. The van der Waals surface area contributed by atoms with E-state index in [0.29, 0.717) is 10.2 Å². The number of aromatic nitrogens is 3. The highest BCUT2D eigenvalue weighted by atomic mass is 32.1. The van der Waals surface area contributed by atoms with Gasteiger partial charge in [-0.1, -0.05) is 19.1 Å². The molecule has 0 fully saturated rings. The number of nitrogens with one attached hydrogen (secondary N) is 1. The maximum Gasteiger partial charge on any atom is 0.142 e. The van der Waals surface area contributed by atoms with Gasteiger partial charge in [0.05, 0.1) is 18.2 Å². The Kier molecular flexibility index (Phi) is 3.05. The van der Waals surface area contributed by atoms with Gasteiger partial charge in [-0.15, -0.1) is 0 Å². The summed E-state index contributed by atoms with van der Waals surface area (Å²) in [4.78, 5) is 10.8. The molecule has 2 aromatic heterocycles. The monoisotopic (exact) mass is 235 g/mol. The van der Waals surface area contributed by atoms with E-state index < -0.39 is 0 Å². The van der Waals surface area contributed by atoms with Crippen LogP contribution >= 0.6 is 12.2 Å². The molecule has 0 amide bonds. The van der Waals surface area contributed by atoms with Gasteiger partial charge < -0.3 is 4.98 Å². The molecule has 0 bridgehead atoms. The third kappa shape index (κ3) is 1.99. The van der Waals surface area contributed by atoms with E-state index in [2.05, 4.69) is 15.0 Å². The normalized spacial score (nSPS) is 10.4. The first-order valence-corrected chi connectivity index (χ1v) is 5.30. The first-order valence-electron chi connectivity index (χ1n) is 4.90. The van der Waals surface area contributed by atoms with Gasteiger partial charge in [-0.25, -0.2) is 9.37 Å². The molecule has 0 aliphatic rings. The lowest BCUT2D eigenvalue weighted by Gasteiger charge is -2.06. The molecule has 0 saturated heterocycles. The molecule has 2 rings (SSSR count). The quantitative estimate of drug-likeness (QED) is 0.814. The van der Waals surface area contributed by atoms with Gasteiger partial charge in [-0.05, 0) is 12.5 Å². The van der Waals surface area contributed by atoms with Crippen molar-refractivity contribution in [2.45, 2.75) is 13.3 Å². The van der Waals surface area contributed by atoms with Gasteiger partial charge in [0.1, 0.15) is 10.5 Å². The van der Waals surface area contributed by atoms with E-state index in [-0.39, 0.29) is 5.82 Å². The van der Waals surface area contributed by atoms with Gasteiger partial charge in [-0.2, -0.15) is 0 Å². The molecule has 2 heterocycles. The van der Waals surface area contributed by atoms with Crippen LogP contribution in [-0.2, 0) is 6.42 Å². The van der Waals surface area contributed by atoms with Gasteiger partial charge in [-0.3, -0.25) is 4.98 Å². The van der Waals surface area contributed by atoms with Crippen molar-refractivity contribution in [1.82, 2.24) is 15.0 Å². The van der Waals surface area contributed by atoms with Crippen LogP contribution < -0.4 is 0 Å². The van der Waals surface area contributed by atoms with Crippen LogP contribution in [0.5, 0.6) is 0 Å². The average molecular weight is 235 g/mol. The van der Waals surface area contributed by atoms with Gasteiger partial charge in [0.25, 0.3) is 0 Å². The second-order valence-corrected chi connectivity index (χ2v) is 3.69. The molecule has 0 spiro atoms. The minimum absolute atomic E-state index is 0.365. The van der Waals surface area contributed by atoms with Crippen molar-refractivity contribution in [3.63, 3.8) is 0 Å². The van der Waals surface area contributed by atoms with Gasteiger partial charge in [0.15, 0.2) is 0 Å². The predicted molar refractivity (Wildman–Crippen MR) is 62.0 cm³/mol. The molecule has 16 heavy (non-hydrogen) atoms. The van der Waals surface area contributed by atoms with Crippen molar-refractivity contribution < 1.29 is 4.39 Å².